The van der Waals surface area contributed by atoms with Crippen molar-refractivity contribution in [3.63, 3.8) is 0 Å². The lowest BCUT2D eigenvalue weighted by Crippen LogP contribution is -2.03. The Bertz CT molecular complexity index is 894. The molecule has 0 aliphatic carbocycles. The standard InChI is InChI=1S/C20H16N2O/c1-14-6-8-15(9-7-14)20(17-11-21-13-22-12-17)19-10-16-4-2-3-5-18(16)23-19/h2-13,20H,1H3. The highest BCUT2D eigenvalue weighted by Crippen LogP contribution is 2.34. The van der Waals surface area contributed by atoms with Crippen LogP contribution in [-0.2, 0) is 0 Å². The van der Waals surface area contributed by atoms with E-state index < -0.39 is 0 Å². The van der Waals surface area contributed by atoms with E-state index in [9.17, 15) is 0 Å². The van der Waals surface area contributed by atoms with Crippen molar-refractivity contribution in [2.24, 2.45) is 0 Å². The molecule has 3 heteroatoms. The smallest absolute Gasteiger partial charge is 0.134 e. The van der Waals surface area contributed by atoms with Crippen molar-refractivity contribution < 1.29 is 4.42 Å². The summed E-state index contributed by atoms with van der Waals surface area (Å²) >= 11 is 0. The molecule has 3 nitrogen and oxygen atoms in total. The molecule has 0 radical (unpaired) electrons. The van der Waals surface area contributed by atoms with Crippen molar-refractivity contribution in [1.29, 1.82) is 0 Å². The molecule has 0 fully saturated rings. The highest BCUT2D eigenvalue weighted by atomic mass is 16.3. The third kappa shape index (κ3) is 2.61. The van der Waals surface area contributed by atoms with Gasteiger partial charge in [-0.25, -0.2) is 9.97 Å². The predicted molar refractivity (Wildman–Crippen MR) is 90.4 cm³/mol. The molecule has 0 bridgehead atoms. The van der Waals surface area contributed by atoms with E-state index in [1.807, 2.05) is 30.6 Å². The maximum atomic E-state index is 6.11. The average molecular weight is 300 g/mol. The van der Waals surface area contributed by atoms with Gasteiger partial charge in [-0.05, 0) is 24.6 Å². The minimum Gasteiger partial charge on any atom is -0.460 e. The molecule has 112 valence electrons. The van der Waals surface area contributed by atoms with E-state index in [0.717, 1.165) is 22.3 Å². The Morgan fingerprint density at radius 3 is 2.35 bits per heavy atom. The van der Waals surface area contributed by atoms with Gasteiger partial charge in [-0.1, -0.05) is 48.0 Å². The number of aromatic nitrogens is 2. The van der Waals surface area contributed by atoms with E-state index in [4.69, 9.17) is 4.42 Å². The average Bonchev–Trinajstić information content (AvgIpc) is 3.01. The number of nitrogens with zero attached hydrogens (tertiary/aromatic N) is 2. The maximum absolute atomic E-state index is 6.11. The number of benzene rings is 2. The molecule has 1 unspecified atom stereocenters. The number of hydrogen-bond acceptors (Lipinski definition) is 3. The van der Waals surface area contributed by atoms with Crippen LogP contribution in [0.2, 0.25) is 0 Å². The van der Waals surface area contributed by atoms with Gasteiger partial charge in [-0.15, -0.1) is 0 Å². The highest BCUT2D eigenvalue weighted by molar-refractivity contribution is 5.78. The minimum absolute atomic E-state index is 0.0100. The first-order chi connectivity index (χ1) is 11.3. The molecule has 0 saturated carbocycles. The van der Waals surface area contributed by atoms with Crippen LogP contribution in [0.1, 0.15) is 28.4 Å². The molecule has 2 aromatic heterocycles. The second-order valence-corrected chi connectivity index (χ2v) is 5.70. The summed E-state index contributed by atoms with van der Waals surface area (Å²) in [5.74, 6) is 0.897. The fraction of sp³-hybridized carbons (Fsp3) is 0.100. The van der Waals surface area contributed by atoms with Crippen LogP contribution < -0.4 is 0 Å². The van der Waals surface area contributed by atoms with Gasteiger partial charge in [0, 0.05) is 23.3 Å². The van der Waals surface area contributed by atoms with Gasteiger partial charge < -0.3 is 4.42 Å². The Kier molecular flexibility index (Phi) is 3.39. The lowest BCUT2D eigenvalue weighted by Gasteiger charge is -2.15. The quantitative estimate of drug-likeness (QED) is 0.550. The van der Waals surface area contributed by atoms with Gasteiger partial charge in [-0.2, -0.15) is 0 Å². The zero-order chi connectivity index (χ0) is 15.6. The van der Waals surface area contributed by atoms with E-state index in [1.54, 1.807) is 6.33 Å². The van der Waals surface area contributed by atoms with Crippen molar-refractivity contribution in [2.75, 3.05) is 0 Å². The Balaban J connectivity index is 1.89. The van der Waals surface area contributed by atoms with Gasteiger partial charge in [0.2, 0.25) is 0 Å². The molecule has 0 amide bonds. The van der Waals surface area contributed by atoms with Crippen LogP contribution in [0, 0.1) is 6.92 Å². The van der Waals surface area contributed by atoms with Gasteiger partial charge in [0.25, 0.3) is 0 Å². The van der Waals surface area contributed by atoms with Crippen LogP contribution >= 0.6 is 0 Å². The molecule has 4 aromatic rings. The Hall–Kier alpha value is -2.94. The van der Waals surface area contributed by atoms with Gasteiger partial charge in [-0.3, -0.25) is 0 Å². The number of rotatable bonds is 3. The van der Waals surface area contributed by atoms with Gasteiger partial charge >= 0.3 is 0 Å². The molecule has 2 heterocycles. The SMILES string of the molecule is Cc1ccc(C(c2cncnc2)c2cc3ccccc3o2)cc1. The van der Waals surface area contributed by atoms with Crippen molar-refractivity contribution in [2.45, 2.75) is 12.8 Å². The molecule has 23 heavy (non-hydrogen) atoms. The van der Waals surface area contributed by atoms with E-state index >= 15 is 0 Å². The van der Waals surface area contributed by atoms with Crippen molar-refractivity contribution in [3.8, 4) is 0 Å². The summed E-state index contributed by atoms with van der Waals surface area (Å²) in [6.07, 6.45) is 5.25. The molecular weight excluding hydrogens is 284 g/mol. The van der Waals surface area contributed by atoms with Crippen LogP contribution in [0.25, 0.3) is 11.0 Å². The molecule has 0 N–H and O–H groups in total. The Morgan fingerprint density at radius 1 is 0.870 bits per heavy atom. The van der Waals surface area contributed by atoms with Crippen LogP contribution in [0.4, 0.5) is 0 Å². The molecule has 0 spiro atoms. The summed E-state index contributed by atoms with van der Waals surface area (Å²) in [6.45, 7) is 2.09. The fourth-order valence-corrected chi connectivity index (χ4v) is 2.88. The summed E-state index contributed by atoms with van der Waals surface area (Å²) < 4.78 is 6.11. The van der Waals surface area contributed by atoms with Crippen molar-refractivity contribution in [3.05, 3.63) is 95.8 Å². The summed E-state index contributed by atoms with van der Waals surface area (Å²) in [4.78, 5) is 8.35. The highest BCUT2D eigenvalue weighted by Gasteiger charge is 2.21. The van der Waals surface area contributed by atoms with Gasteiger partial charge in [0.05, 0.1) is 5.92 Å². The molecule has 4 rings (SSSR count). The molecule has 0 saturated heterocycles. The minimum atomic E-state index is -0.0100. The van der Waals surface area contributed by atoms with E-state index in [2.05, 4.69) is 53.3 Å². The monoisotopic (exact) mass is 300 g/mol. The lowest BCUT2D eigenvalue weighted by molar-refractivity contribution is 0.541. The zero-order valence-electron chi connectivity index (χ0n) is 12.8. The largest absolute Gasteiger partial charge is 0.460 e. The van der Waals surface area contributed by atoms with Crippen LogP contribution in [0.3, 0.4) is 0 Å². The first kappa shape index (κ1) is 13.7. The maximum Gasteiger partial charge on any atom is 0.134 e. The fourth-order valence-electron chi connectivity index (χ4n) is 2.88. The van der Waals surface area contributed by atoms with E-state index in [1.165, 1.54) is 11.1 Å². The second kappa shape index (κ2) is 5.69. The summed E-state index contributed by atoms with van der Waals surface area (Å²) in [7, 11) is 0. The zero-order valence-corrected chi connectivity index (χ0v) is 12.8. The predicted octanol–water partition coefficient (Wildman–Crippen LogP) is 4.71. The Morgan fingerprint density at radius 2 is 1.61 bits per heavy atom. The molecule has 1 atom stereocenters. The van der Waals surface area contributed by atoms with Crippen molar-refractivity contribution in [1.82, 2.24) is 9.97 Å². The van der Waals surface area contributed by atoms with Crippen LogP contribution in [0.5, 0.6) is 0 Å². The van der Waals surface area contributed by atoms with Gasteiger partial charge in [0.15, 0.2) is 0 Å². The first-order valence-electron chi connectivity index (χ1n) is 7.61. The normalized spacial score (nSPS) is 12.4. The van der Waals surface area contributed by atoms with E-state index in [-0.39, 0.29) is 5.92 Å². The first-order valence-corrected chi connectivity index (χ1v) is 7.61. The third-order valence-electron chi connectivity index (χ3n) is 4.05. The molecule has 0 aliphatic rings. The Labute approximate surface area is 134 Å². The number of furan rings is 1. The second-order valence-electron chi connectivity index (χ2n) is 5.70. The molecule has 2 aromatic carbocycles. The number of fused-ring (bicyclic) bond motifs is 1. The summed E-state index contributed by atoms with van der Waals surface area (Å²) in [6, 6.07) is 18.7. The van der Waals surface area contributed by atoms with E-state index in [0.29, 0.717) is 0 Å². The molecule has 0 aliphatic heterocycles. The summed E-state index contributed by atoms with van der Waals surface area (Å²) in [5.41, 5.74) is 4.33. The van der Waals surface area contributed by atoms with Crippen LogP contribution in [-0.4, -0.2) is 9.97 Å². The van der Waals surface area contributed by atoms with Crippen molar-refractivity contribution >= 4 is 11.0 Å². The topological polar surface area (TPSA) is 38.9 Å². The van der Waals surface area contributed by atoms with Crippen LogP contribution in [0.15, 0.2) is 77.7 Å². The number of para-hydroxylation sites is 1. The number of hydrogen-bond donors (Lipinski definition) is 0. The lowest BCUT2D eigenvalue weighted by atomic mass is 9.90. The van der Waals surface area contributed by atoms with Gasteiger partial charge in [0.1, 0.15) is 17.7 Å². The summed E-state index contributed by atoms with van der Waals surface area (Å²) in [5, 5.41) is 1.11. The number of aryl methyl sites for hydroxylation is 1. The molecular formula is C20H16N2O. The third-order valence-corrected chi connectivity index (χ3v) is 4.05.